The van der Waals surface area contributed by atoms with Gasteiger partial charge < -0.3 is 18.9 Å². The first kappa shape index (κ1) is 21.6. The van der Waals surface area contributed by atoms with Gasteiger partial charge in [0.15, 0.2) is 0 Å². The molecule has 0 aliphatic heterocycles. The van der Waals surface area contributed by atoms with E-state index in [0.29, 0.717) is 36.0 Å². The first-order valence-electron chi connectivity index (χ1n) is 8.95. The summed E-state index contributed by atoms with van der Waals surface area (Å²) in [5.41, 5.74) is 0.292. The van der Waals surface area contributed by atoms with Gasteiger partial charge in [0, 0.05) is 12.1 Å². The fraction of sp³-hybridized carbons (Fsp3) is 0.476. The van der Waals surface area contributed by atoms with Crippen LogP contribution in [0, 0.1) is 0 Å². The second kappa shape index (κ2) is 12.9. The first-order chi connectivity index (χ1) is 12.7. The van der Waals surface area contributed by atoms with E-state index in [-0.39, 0.29) is 0 Å². The van der Waals surface area contributed by atoms with Gasteiger partial charge >= 0.3 is 5.97 Å². The highest BCUT2D eigenvalue weighted by Crippen LogP contribution is 2.35. The van der Waals surface area contributed by atoms with E-state index in [0.717, 1.165) is 38.5 Å². The van der Waals surface area contributed by atoms with E-state index < -0.39 is 5.97 Å². The summed E-state index contributed by atoms with van der Waals surface area (Å²) < 4.78 is 21.8. The smallest absolute Gasteiger partial charge is 0.345 e. The summed E-state index contributed by atoms with van der Waals surface area (Å²) in [5.74, 6) is 0.895. The number of ether oxygens (including phenoxy) is 4. The van der Waals surface area contributed by atoms with Gasteiger partial charge in [-0.1, -0.05) is 12.2 Å². The lowest BCUT2D eigenvalue weighted by Crippen LogP contribution is -2.12. The van der Waals surface area contributed by atoms with Gasteiger partial charge in [-0.3, -0.25) is 0 Å². The normalized spacial score (nSPS) is 10.1. The van der Waals surface area contributed by atoms with Crippen LogP contribution in [-0.2, 0) is 4.74 Å². The Kier molecular flexibility index (Phi) is 10.7. The first-order valence-corrected chi connectivity index (χ1v) is 8.95. The van der Waals surface area contributed by atoms with Gasteiger partial charge in [0.1, 0.15) is 22.8 Å². The average molecular weight is 362 g/mol. The molecule has 0 spiro atoms. The highest BCUT2D eigenvalue weighted by atomic mass is 16.5. The number of carbonyl (C=O) groups excluding carboxylic acids is 1. The summed E-state index contributed by atoms with van der Waals surface area (Å²) in [7, 11) is 3.06. The SMILES string of the molecule is C=CCCCCOC(=O)c1c(OC)cc(OC)cc1OCCCCC=C. The van der Waals surface area contributed by atoms with Crippen molar-refractivity contribution >= 4 is 5.97 Å². The molecule has 0 aliphatic carbocycles. The molecule has 0 N–H and O–H groups in total. The van der Waals surface area contributed by atoms with E-state index in [4.69, 9.17) is 18.9 Å². The Labute approximate surface area is 156 Å². The van der Waals surface area contributed by atoms with Crippen LogP contribution in [0.4, 0.5) is 0 Å². The predicted octanol–water partition coefficient (Wildman–Crippen LogP) is 4.95. The molecular weight excluding hydrogens is 332 g/mol. The van der Waals surface area contributed by atoms with Gasteiger partial charge in [0.2, 0.25) is 0 Å². The summed E-state index contributed by atoms with van der Waals surface area (Å²) >= 11 is 0. The zero-order valence-corrected chi connectivity index (χ0v) is 15.9. The summed E-state index contributed by atoms with van der Waals surface area (Å²) in [6, 6.07) is 3.34. The number of hydrogen-bond acceptors (Lipinski definition) is 5. The molecule has 0 heterocycles. The van der Waals surface area contributed by atoms with Crippen LogP contribution < -0.4 is 14.2 Å². The quantitative estimate of drug-likeness (QED) is 0.266. The van der Waals surface area contributed by atoms with Crippen LogP contribution in [0.2, 0.25) is 0 Å². The third-order valence-electron chi connectivity index (χ3n) is 3.80. The fourth-order valence-electron chi connectivity index (χ4n) is 2.36. The Morgan fingerprint density at radius 2 is 1.54 bits per heavy atom. The number of methoxy groups -OCH3 is 2. The molecule has 0 amide bonds. The van der Waals surface area contributed by atoms with Crippen molar-refractivity contribution in [1.82, 2.24) is 0 Å². The minimum Gasteiger partial charge on any atom is -0.496 e. The lowest BCUT2D eigenvalue weighted by molar-refractivity contribution is 0.0490. The highest BCUT2D eigenvalue weighted by molar-refractivity contribution is 5.96. The van der Waals surface area contributed by atoms with E-state index in [2.05, 4.69) is 13.2 Å². The van der Waals surface area contributed by atoms with Crippen LogP contribution in [0.25, 0.3) is 0 Å². The Balaban J connectivity index is 2.85. The molecule has 144 valence electrons. The summed E-state index contributed by atoms with van der Waals surface area (Å²) in [6.07, 6.45) is 9.13. The van der Waals surface area contributed by atoms with Gasteiger partial charge in [-0.25, -0.2) is 4.79 Å². The number of allylic oxidation sites excluding steroid dienone is 2. The zero-order valence-electron chi connectivity index (χ0n) is 15.9. The lowest BCUT2D eigenvalue weighted by Gasteiger charge is -2.16. The molecule has 1 aromatic rings. The van der Waals surface area contributed by atoms with Crippen LogP contribution in [0.1, 0.15) is 48.9 Å². The van der Waals surface area contributed by atoms with Crippen molar-refractivity contribution in [2.24, 2.45) is 0 Å². The third-order valence-corrected chi connectivity index (χ3v) is 3.80. The van der Waals surface area contributed by atoms with Gasteiger partial charge in [-0.2, -0.15) is 0 Å². The molecule has 0 aromatic heterocycles. The second-order valence-corrected chi connectivity index (χ2v) is 5.76. The van der Waals surface area contributed by atoms with Gasteiger partial charge in [0.05, 0.1) is 27.4 Å². The number of benzene rings is 1. The van der Waals surface area contributed by atoms with Crippen molar-refractivity contribution in [2.75, 3.05) is 27.4 Å². The molecule has 0 bridgehead atoms. The van der Waals surface area contributed by atoms with Gasteiger partial charge in [-0.05, 0) is 38.5 Å². The molecule has 0 radical (unpaired) electrons. The molecule has 5 heteroatoms. The maximum Gasteiger partial charge on any atom is 0.345 e. The molecule has 0 atom stereocenters. The van der Waals surface area contributed by atoms with Crippen molar-refractivity contribution in [3.63, 3.8) is 0 Å². The largest absolute Gasteiger partial charge is 0.496 e. The molecule has 0 aliphatic rings. The van der Waals surface area contributed by atoms with Gasteiger partial charge in [-0.15, -0.1) is 13.2 Å². The molecule has 26 heavy (non-hydrogen) atoms. The van der Waals surface area contributed by atoms with E-state index in [1.54, 1.807) is 19.2 Å². The highest BCUT2D eigenvalue weighted by Gasteiger charge is 2.22. The number of rotatable bonds is 14. The zero-order chi connectivity index (χ0) is 19.2. The Bertz CT molecular complexity index is 580. The standard InChI is InChI=1S/C21H30O5/c1-5-7-9-11-13-25-19-16-17(23-3)15-18(24-4)20(19)21(22)26-14-12-10-8-6-2/h5-6,15-16H,1-2,7-14H2,3-4H3. The number of hydrogen-bond donors (Lipinski definition) is 0. The van der Waals surface area contributed by atoms with Crippen LogP contribution in [-0.4, -0.2) is 33.4 Å². The Hall–Kier alpha value is -2.43. The fourth-order valence-corrected chi connectivity index (χ4v) is 2.36. The summed E-state index contributed by atoms with van der Waals surface area (Å²) in [6.45, 7) is 8.22. The monoisotopic (exact) mass is 362 g/mol. The summed E-state index contributed by atoms with van der Waals surface area (Å²) in [5, 5.41) is 0. The maximum absolute atomic E-state index is 12.6. The maximum atomic E-state index is 12.6. The van der Waals surface area contributed by atoms with E-state index in [1.165, 1.54) is 7.11 Å². The molecular formula is C21H30O5. The van der Waals surface area contributed by atoms with Crippen molar-refractivity contribution in [2.45, 2.75) is 38.5 Å². The number of esters is 1. The van der Waals surface area contributed by atoms with Crippen molar-refractivity contribution in [3.8, 4) is 17.2 Å². The van der Waals surface area contributed by atoms with Crippen LogP contribution in [0.15, 0.2) is 37.4 Å². The molecule has 5 nitrogen and oxygen atoms in total. The molecule has 1 rings (SSSR count). The summed E-state index contributed by atoms with van der Waals surface area (Å²) in [4.78, 5) is 12.6. The molecule has 0 unspecified atom stereocenters. The topological polar surface area (TPSA) is 54.0 Å². The van der Waals surface area contributed by atoms with E-state index in [9.17, 15) is 4.79 Å². The number of unbranched alkanes of at least 4 members (excludes halogenated alkanes) is 4. The van der Waals surface area contributed by atoms with Gasteiger partial charge in [0.25, 0.3) is 0 Å². The molecule has 0 saturated carbocycles. The minimum atomic E-state index is -0.454. The average Bonchev–Trinajstić information content (AvgIpc) is 2.66. The molecule has 1 aromatic carbocycles. The minimum absolute atomic E-state index is 0.292. The Morgan fingerprint density at radius 1 is 0.923 bits per heavy atom. The third kappa shape index (κ3) is 7.21. The Morgan fingerprint density at radius 3 is 2.12 bits per heavy atom. The number of carbonyl (C=O) groups is 1. The molecule has 0 saturated heterocycles. The van der Waals surface area contributed by atoms with Crippen molar-refractivity contribution in [1.29, 1.82) is 0 Å². The van der Waals surface area contributed by atoms with Crippen LogP contribution in [0.3, 0.4) is 0 Å². The van der Waals surface area contributed by atoms with Crippen LogP contribution >= 0.6 is 0 Å². The molecule has 0 fully saturated rings. The van der Waals surface area contributed by atoms with E-state index in [1.807, 2.05) is 12.2 Å². The van der Waals surface area contributed by atoms with E-state index >= 15 is 0 Å². The van der Waals surface area contributed by atoms with Crippen molar-refractivity contribution < 1.29 is 23.7 Å². The van der Waals surface area contributed by atoms with Crippen LogP contribution in [0.5, 0.6) is 17.2 Å². The predicted molar refractivity (Wildman–Crippen MR) is 103 cm³/mol. The lowest BCUT2D eigenvalue weighted by atomic mass is 10.1. The second-order valence-electron chi connectivity index (χ2n) is 5.76. The van der Waals surface area contributed by atoms with Crippen molar-refractivity contribution in [3.05, 3.63) is 43.0 Å².